The van der Waals surface area contributed by atoms with Crippen molar-refractivity contribution in [1.29, 1.82) is 0 Å². The third-order valence-electron chi connectivity index (χ3n) is 6.47. The molecule has 3 N–H and O–H groups in total. The smallest absolute Gasteiger partial charge is 0.231 e. The van der Waals surface area contributed by atoms with Crippen molar-refractivity contribution in [2.75, 3.05) is 19.8 Å². The third kappa shape index (κ3) is 4.52. The summed E-state index contributed by atoms with van der Waals surface area (Å²) in [6.07, 6.45) is 1.08. The summed E-state index contributed by atoms with van der Waals surface area (Å²) in [4.78, 5) is 11.2. The molecule has 2 heterocycles. The molecule has 2 atom stereocenters. The maximum Gasteiger partial charge on any atom is 0.231 e. The van der Waals surface area contributed by atoms with Gasteiger partial charge in [-0.3, -0.25) is 10.1 Å². The van der Waals surface area contributed by atoms with Gasteiger partial charge < -0.3 is 10.5 Å². The van der Waals surface area contributed by atoms with Crippen LogP contribution in [0, 0.1) is 11.6 Å². The predicted octanol–water partition coefficient (Wildman–Crippen LogP) is 2.32. The highest BCUT2D eigenvalue weighted by Crippen LogP contribution is 2.39. The molecule has 2 aromatic rings. The minimum absolute atomic E-state index is 0.0213. The third-order valence-corrected chi connectivity index (χ3v) is 8.84. The molecule has 2 saturated heterocycles. The second-order valence-electron chi connectivity index (χ2n) is 8.73. The normalized spacial score (nSPS) is 24.2. The van der Waals surface area contributed by atoms with E-state index in [0.29, 0.717) is 18.4 Å². The lowest BCUT2D eigenvalue weighted by Gasteiger charge is -2.42. The molecule has 2 aliphatic rings. The number of hydrogen-bond acceptors (Lipinski definition) is 5. The van der Waals surface area contributed by atoms with Crippen LogP contribution in [0.2, 0.25) is 0 Å². The highest BCUT2D eigenvalue weighted by Gasteiger charge is 2.44. The fourth-order valence-electron chi connectivity index (χ4n) is 4.51. The molecule has 7 nitrogen and oxygen atoms in total. The van der Waals surface area contributed by atoms with Gasteiger partial charge in [0.1, 0.15) is 16.9 Å². The van der Waals surface area contributed by atoms with Crippen molar-refractivity contribution < 1.29 is 26.7 Å². The summed E-state index contributed by atoms with van der Waals surface area (Å²) in [5, 5.41) is 2.12. The van der Waals surface area contributed by atoms with Gasteiger partial charge in [-0.1, -0.05) is 30.3 Å². The van der Waals surface area contributed by atoms with Crippen LogP contribution in [0.5, 0.6) is 0 Å². The summed E-state index contributed by atoms with van der Waals surface area (Å²) in [5.74, 6) is -2.05. The highest BCUT2D eigenvalue weighted by atomic mass is 32.2. The van der Waals surface area contributed by atoms with Gasteiger partial charge in [0.25, 0.3) is 0 Å². The summed E-state index contributed by atoms with van der Waals surface area (Å²) in [5.41, 5.74) is 4.77. The van der Waals surface area contributed by atoms with Crippen LogP contribution in [-0.4, -0.2) is 44.4 Å². The van der Waals surface area contributed by atoms with Crippen molar-refractivity contribution in [3.63, 3.8) is 0 Å². The lowest BCUT2D eigenvalue weighted by atomic mass is 9.86. The Hall–Kier alpha value is -2.40. The van der Waals surface area contributed by atoms with Gasteiger partial charge in [-0.05, 0) is 37.5 Å². The first-order chi connectivity index (χ1) is 15.6. The van der Waals surface area contributed by atoms with E-state index in [2.05, 4.69) is 5.32 Å². The number of halogens is 2. The van der Waals surface area contributed by atoms with Crippen LogP contribution >= 0.6 is 0 Å². The second kappa shape index (κ2) is 9.09. The number of primary amides is 1. The van der Waals surface area contributed by atoms with Crippen LogP contribution < -0.4 is 11.1 Å². The Kier molecular flexibility index (Phi) is 6.54. The molecule has 33 heavy (non-hydrogen) atoms. The van der Waals surface area contributed by atoms with E-state index in [1.165, 1.54) is 4.31 Å². The largest absolute Gasteiger partial charge is 0.377 e. The topological polar surface area (TPSA) is 102 Å². The number of sulfonamides is 1. The van der Waals surface area contributed by atoms with Gasteiger partial charge >= 0.3 is 0 Å². The van der Waals surface area contributed by atoms with Crippen molar-refractivity contribution in [2.45, 2.75) is 43.1 Å². The zero-order valence-electron chi connectivity index (χ0n) is 18.3. The molecular formula is C23H27F2N3O4S. The van der Waals surface area contributed by atoms with E-state index in [9.17, 15) is 13.2 Å². The van der Waals surface area contributed by atoms with Crippen LogP contribution in [0.15, 0.2) is 42.5 Å². The molecule has 4 rings (SSSR count). The van der Waals surface area contributed by atoms with Crippen LogP contribution in [-0.2, 0) is 31.6 Å². The Morgan fingerprint density at radius 2 is 1.88 bits per heavy atom. The summed E-state index contributed by atoms with van der Waals surface area (Å²) >= 11 is 0. The van der Waals surface area contributed by atoms with Crippen molar-refractivity contribution >= 4 is 15.9 Å². The number of ether oxygens (including phenoxy) is 1. The molecule has 178 valence electrons. The average molecular weight is 480 g/mol. The number of rotatable bonds is 7. The maximum absolute atomic E-state index is 15.1. The highest BCUT2D eigenvalue weighted by molar-refractivity contribution is 7.89. The van der Waals surface area contributed by atoms with Crippen LogP contribution in [0.3, 0.4) is 0 Å². The minimum atomic E-state index is -3.78. The second-order valence-corrected chi connectivity index (χ2v) is 10.8. The Morgan fingerprint density at radius 3 is 2.48 bits per heavy atom. The van der Waals surface area contributed by atoms with E-state index in [0.717, 1.165) is 12.1 Å². The van der Waals surface area contributed by atoms with Gasteiger partial charge in [0.2, 0.25) is 15.9 Å². The minimum Gasteiger partial charge on any atom is -0.377 e. The van der Waals surface area contributed by atoms with Crippen LogP contribution in [0.4, 0.5) is 8.78 Å². The molecule has 10 heteroatoms. The van der Waals surface area contributed by atoms with Crippen LogP contribution in [0.25, 0.3) is 0 Å². The number of hydrogen-bond donors (Lipinski definition) is 2. The molecule has 0 spiro atoms. The molecule has 0 unspecified atom stereocenters. The number of nitrogens with zero attached hydrogens (tertiary/aromatic N) is 1. The van der Waals surface area contributed by atoms with Gasteiger partial charge in [-0.25, -0.2) is 17.2 Å². The first kappa shape index (κ1) is 23.7. The Labute approximate surface area is 192 Å². The molecule has 2 aromatic carbocycles. The molecule has 0 aliphatic carbocycles. The lowest BCUT2D eigenvalue weighted by molar-refractivity contribution is -0.120. The fourth-order valence-corrected chi connectivity index (χ4v) is 6.70. The van der Waals surface area contributed by atoms with Gasteiger partial charge in [0.15, 0.2) is 0 Å². The van der Waals surface area contributed by atoms with E-state index in [1.54, 1.807) is 31.2 Å². The number of nitrogens with two attached hydrogens (primary N) is 1. The quantitative estimate of drug-likeness (QED) is 0.635. The zero-order valence-corrected chi connectivity index (χ0v) is 19.1. The Bertz CT molecular complexity index is 1140. The summed E-state index contributed by atoms with van der Waals surface area (Å²) in [6, 6.07) is 10.7. The van der Waals surface area contributed by atoms with Gasteiger partial charge in [-0.15, -0.1) is 0 Å². The Morgan fingerprint density at radius 1 is 1.18 bits per heavy atom. The summed E-state index contributed by atoms with van der Waals surface area (Å²) in [6.45, 7) is 1.42. The number of carbonyl (C=O) groups is 1. The molecule has 0 radical (unpaired) electrons. The standard InChI is InChI=1S/C23H27F2N3O4S/c1-15-7-8-21(16-5-3-2-4-6-16)33(30,31)28(15)12-17-9-20(25)18(10-19(17)24)23(13-32-14-23)27-11-22(26)29/h2-6,9-10,15,21,27H,7-8,11-14H2,1H3,(H2,26,29)/t15-,21+/m0/s1. The molecular weight excluding hydrogens is 452 g/mol. The van der Waals surface area contributed by atoms with Crippen molar-refractivity contribution in [2.24, 2.45) is 5.73 Å². The number of amides is 1. The molecule has 0 aromatic heterocycles. The number of benzene rings is 2. The molecule has 2 aliphatic heterocycles. The maximum atomic E-state index is 15.1. The molecule has 2 fully saturated rings. The van der Waals surface area contributed by atoms with Gasteiger partial charge in [0, 0.05) is 23.7 Å². The van der Waals surface area contributed by atoms with Gasteiger partial charge in [-0.2, -0.15) is 4.31 Å². The van der Waals surface area contributed by atoms with E-state index in [1.807, 2.05) is 6.07 Å². The first-order valence-corrected chi connectivity index (χ1v) is 12.3. The van der Waals surface area contributed by atoms with Gasteiger partial charge in [0.05, 0.1) is 25.3 Å². The SMILES string of the molecule is C[C@H]1CC[C@H](c2ccccc2)S(=O)(=O)N1Cc1cc(F)c(C2(NCC(N)=O)COC2)cc1F. The van der Waals surface area contributed by atoms with E-state index < -0.39 is 38.4 Å². The molecule has 1 amide bonds. The number of nitrogens with one attached hydrogen (secondary N) is 1. The predicted molar refractivity (Wildman–Crippen MR) is 118 cm³/mol. The van der Waals surface area contributed by atoms with Crippen molar-refractivity contribution in [3.05, 3.63) is 70.8 Å². The zero-order chi connectivity index (χ0) is 23.8. The molecule has 0 bridgehead atoms. The van der Waals surface area contributed by atoms with Crippen LogP contribution in [0.1, 0.15) is 41.7 Å². The number of carbonyl (C=O) groups excluding carboxylic acids is 1. The summed E-state index contributed by atoms with van der Waals surface area (Å²) < 4.78 is 63.5. The fraction of sp³-hybridized carbons (Fsp3) is 0.435. The Balaban J connectivity index is 1.62. The monoisotopic (exact) mass is 479 g/mol. The van der Waals surface area contributed by atoms with E-state index in [-0.39, 0.29) is 43.5 Å². The summed E-state index contributed by atoms with van der Waals surface area (Å²) in [7, 11) is -3.78. The van der Waals surface area contributed by atoms with Crippen molar-refractivity contribution in [3.8, 4) is 0 Å². The molecule has 0 saturated carbocycles. The van der Waals surface area contributed by atoms with Crippen molar-refractivity contribution in [1.82, 2.24) is 9.62 Å². The average Bonchev–Trinajstić information content (AvgIpc) is 2.73. The van der Waals surface area contributed by atoms with E-state index >= 15 is 8.78 Å². The first-order valence-electron chi connectivity index (χ1n) is 10.8. The van der Waals surface area contributed by atoms with E-state index in [4.69, 9.17) is 10.5 Å². The lowest BCUT2D eigenvalue weighted by Crippen LogP contribution is -2.59.